The van der Waals surface area contributed by atoms with Crippen molar-refractivity contribution in [2.75, 3.05) is 19.8 Å². The number of hydrogen-bond acceptors (Lipinski definition) is 7. The fourth-order valence-electron chi connectivity index (χ4n) is 11.4. The first kappa shape index (κ1) is 36.2. The summed E-state index contributed by atoms with van der Waals surface area (Å²) in [4.78, 5) is 54.0. The molecule has 0 radical (unpaired) electrons. The van der Waals surface area contributed by atoms with Gasteiger partial charge in [0.05, 0.1) is 12.0 Å². The Morgan fingerprint density at radius 3 is 2.32 bits per heavy atom. The van der Waals surface area contributed by atoms with E-state index in [-0.39, 0.29) is 70.9 Å². The smallest absolute Gasteiger partial charge is 0.311 e. The van der Waals surface area contributed by atoms with Crippen LogP contribution in [0.4, 0.5) is 0 Å². The summed E-state index contributed by atoms with van der Waals surface area (Å²) in [5.74, 6) is -0.198. The molecule has 3 N–H and O–H groups in total. The number of ether oxygens (including phenoxy) is 1. The lowest BCUT2D eigenvalue weighted by Crippen LogP contribution is -2.66. The van der Waals surface area contributed by atoms with E-state index in [4.69, 9.17) is 9.84 Å². The van der Waals surface area contributed by atoms with Crippen molar-refractivity contribution < 1.29 is 34.1 Å². The van der Waals surface area contributed by atoms with Crippen molar-refractivity contribution in [2.45, 2.75) is 133 Å². The highest BCUT2D eigenvalue weighted by Crippen LogP contribution is 2.74. The highest BCUT2D eigenvalue weighted by atomic mass is 16.5. The number of esters is 1. The van der Waals surface area contributed by atoms with E-state index in [2.05, 4.69) is 46.9 Å². The average Bonchev–Trinajstić information content (AvgIpc) is 2.99. The second-order valence-electron chi connectivity index (χ2n) is 18.7. The van der Waals surface area contributed by atoms with Gasteiger partial charge in [0, 0.05) is 36.3 Å². The number of nitrogens with one attached hydrogen (secondary N) is 1. The summed E-state index contributed by atoms with van der Waals surface area (Å²) >= 11 is 0. The summed E-state index contributed by atoms with van der Waals surface area (Å²) in [6.45, 7) is 19.1. The Bertz CT molecular complexity index is 1350. The predicted molar refractivity (Wildman–Crippen MR) is 180 cm³/mol. The van der Waals surface area contributed by atoms with E-state index in [0.717, 1.165) is 38.5 Å². The summed E-state index contributed by atoms with van der Waals surface area (Å²) in [5, 5.41) is 22.3. The highest BCUT2D eigenvalue weighted by Gasteiger charge is 2.70. The molecule has 0 aromatic heterocycles. The van der Waals surface area contributed by atoms with Gasteiger partial charge >= 0.3 is 5.97 Å². The normalized spacial score (nSPS) is 41.8. The first-order valence-corrected chi connectivity index (χ1v) is 18.2. The number of Topliss-reactive ketones (excluding diaryl/α,β-unsaturated/α-hetero) is 1. The maximum atomic E-state index is 14.6. The average molecular weight is 656 g/mol. The van der Waals surface area contributed by atoms with Crippen molar-refractivity contribution in [3.05, 3.63) is 11.6 Å². The van der Waals surface area contributed by atoms with Crippen LogP contribution in [0, 0.1) is 55.7 Å². The molecule has 5 aliphatic rings. The van der Waals surface area contributed by atoms with Crippen LogP contribution in [0.15, 0.2) is 11.6 Å². The molecule has 4 fully saturated rings. The van der Waals surface area contributed by atoms with Crippen LogP contribution in [0.25, 0.3) is 0 Å². The van der Waals surface area contributed by atoms with Crippen molar-refractivity contribution in [3.63, 3.8) is 0 Å². The Balaban J connectivity index is 1.39. The summed E-state index contributed by atoms with van der Waals surface area (Å²) in [5.41, 5.74) is -1.64. The molecular weight excluding hydrogens is 594 g/mol. The van der Waals surface area contributed by atoms with Crippen LogP contribution in [0.1, 0.15) is 127 Å². The number of rotatable bonds is 8. The fraction of sp³-hybridized carbons (Fsp3) is 0.846. The number of carbonyl (C=O) groups excluding carboxylic acids is 4. The van der Waals surface area contributed by atoms with E-state index in [0.29, 0.717) is 31.5 Å². The number of allylic oxidation sites excluding steroid dienone is 2. The second-order valence-corrected chi connectivity index (χ2v) is 18.7. The summed E-state index contributed by atoms with van der Waals surface area (Å²) in [7, 11) is 0. The fourth-order valence-corrected chi connectivity index (χ4v) is 11.4. The van der Waals surface area contributed by atoms with Gasteiger partial charge < -0.3 is 20.3 Å². The number of hydrogen-bond donors (Lipinski definition) is 3. The zero-order valence-corrected chi connectivity index (χ0v) is 30.5. The quantitative estimate of drug-likeness (QED) is 0.217. The minimum absolute atomic E-state index is 0.0168. The summed E-state index contributed by atoms with van der Waals surface area (Å²) < 4.78 is 5.91. The van der Waals surface area contributed by atoms with Gasteiger partial charge in [0.25, 0.3) is 0 Å². The molecule has 0 heterocycles. The number of carbonyl (C=O) groups is 4. The van der Waals surface area contributed by atoms with Gasteiger partial charge in [-0.25, -0.2) is 0 Å². The Kier molecular flexibility index (Phi) is 9.08. The lowest BCUT2D eigenvalue weighted by atomic mass is 9.33. The summed E-state index contributed by atoms with van der Waals surface area (Å²) in [6.07, 6.45) is 8.41. The van der Waals surface area contributed by atoms with Crippen molar-refractivity contribution in [3.8, 4) is 0 Å². The standard InChI is InChI=1S/C39H61NO7/c1-33(2,30(44)31(45)40-19-10-20-41)23-47-32(46)36(6)16-15-35(5)17-18-38(8)24(25(35)22-36)21-26(42)29-37(7)13-12-28(43)34(3,4)27(37)11-14-39(29,38)9/h21,25,27,29-30,41,44H,10-20,22-23H2,1-9H3,(H,40,45)/t25-,27?,29?,30?,35-,36+,37+,38-,39-/m1/s1. The SMILES string of the molecule is CC(C)(COC(=O)[C@@]1(C)CC[C@]2(C)CC[C@]3(C)C(=CC(=O)C4[C@@]5(C)CCC(=O)C(C)(C)C5CC[C@]43C)[C@H]2C1)C(O)C(=O)NCCCO. The molecule has 3 unspecified atom stereocenters. The van der Waals surface area contributed by atoms with Gasteiger partial charge in [0.2, 0.25) is 5.91 Å². The molecule has 8 nitrogen and oxygen atoms in total. The van der Waals surface area contributed by atoms with Crippen LogP contribution < -0.4 is 5.32 Å². The van der Waals surface area contributed by atoms with Crippen molar-refractivity contribution in [1.82, 2.24) is 5.32 Å². The van der Waals surface area contributed by atoms with Gasteiger partial charge in [0.15, 0.2) is 5.78 Å². The lowest BCUT2D eigenvalue weighted by Gasteiger charge is -2.69. The molecular formula is C39H61NO7. The second kappa shape index (κ2) is 11.8. The van der Waals surface area contributed by atoms with E-state index in [9.17, 15) is 24.3 Å². The summed E-state index contributed by atoms with van der Waals surface area (Å²) in [6, 6.07) is 0. The maximum Gasteiger partial charge on any atom is 0.311 e. The third-order valence-corrected chi connectivity index (χ3v) is 15.0. The first-order valence-electron chi connectivity index (χ1n) is 18.2. The minimum Gasteiger partial charge on any atom is -0.465 e. The van der Waals surface area contributed by atoms with Crippen LogP contribution in [0.3, 0.4) is 0 Å². The molecule has 264 valence electrons. The van der Waals surface area contributed by atoms with Gasteiger partial charge in [0.1, 0.15) is 11.9 Å². The van der Waals surface area contributed by atoms with E-state index < -0.39 is 28.3 Å². The molecule has 9 atom stereocenters. The number of ketones is 2. The van der Waals surface area contributed by atoms with Crippen LogP contribution >= 0.6 is 0 Å². The molecule has 0 aliphatic heterocycles. The Labute approximate surface area is 282 Å². The van der Waals surface area contributed by atoms with Gasteiger partial charge in [-0.15, -0.1) is 0 Å². The largest absolute Gasteiger partial charge is 0.465 e. The lowest BCUT2D eigenvalue weighted by molar-refractivity contribution is -0.189. The molecule has 5 rings (SSSR count). The van der Waals surface area contributed by atoms with Gasteiger partial charge in [-0.2, -0.15) is 0 Å². The van der Waals surface area contributed by atoms with E-state index >= 15 is 0 Å². The monoisotopic (exact) mass is 655 g/mol. The highest BCUT2D eigenvalue weighted by molar-refractivity contribution is 5.96. The molecule has 1 amide bonds. The molecule has 0 aromatic carbocycles. The predicted octanol–water partition coefficient (Wildman–Crippen LogP) is 5.97. The maximum absolute atomic E-state index is 14.6. The topological polar surface area (TPSA) is 130 Å². The van der Waals surface area contributed by atoms with E-state index in [1.165, 1.54) is 5.57 Å². The Hall–Kier alpha value is -2.06. The number of amides is 1. The van der Waals surface area contributed by atoms with E-state index in [1.807, 2.05) is 13.0 Å². The zero-order chi connectivity index (χ0) is 35.0. The molecule has 0 spiro atoms. The van der Waals surface area contributed by atoms with Crippen LogP contribution in [0.5, 0.6) is 0 Å². The molecule has 0 bridgehead atoms. The van der Waals surface area contributed by atoms with Crippen LogP contribution in [-0.2, 0) is 23.9 Å². The Morgan fingerprint density at radius 2 is 1.66 bits per heavy atom. The third kappa shape index (κ3) is 5.46. The molecule has 5 aliphatic carbocycles. The molecule has 0 saturated heterocycles. The third-order valence-electron chi connectivity index (χ3n) is 15.0. The van der Waals surface area contributed by atoms with Gasteiger partial charge in [-0.1, -0.05) is 61.0 Å². The van der Waals surface area contributed by atoms with Crippen LogP contribution in [-0.4, -0.2) is 59.5 Å². The van der Waals surface area contributed by atoms with Crippen molar-refractivity contribution in [1.29, 1.82) is 0 Å². The molecule has 47 heavy (non-hydrogen) atoms. The minimum atomic E-state index is -1.37. The van der Waals surface area contributed by atoms with Crippen LogP contribution in [0.2, 0.25) is 0 Å². The zero-order valence-electron chi connectivity index (χ0n) is 30.5. The van der Waals surface area contributed by atoms with Gasteiger partial charge in [-0.3, -0.25) is 19.2 Å². The number of aliphatic hydroxyl groups is 2. The van der Waals surface area contributed by atoms with Gasteiger partial charge in [-0.05, 0) is 104 Å². The van der Waals surface area contributed by atoms with Crippen molar-refractivity contribution >= 4 is 23.4 Å². The number of fused-ring (bicyclic) bond motifs is 7. The molecule has 0 aromatic rings. The molecule has 4 saturated carbocycles. The molecule has 8 heteroatoms. The van der Waals surface area contributed by atoms with E-state index in [1.54, 1.807) is 13.8 Å². The van der Waals surface area contributed by atoms with Crippen molar-refractivity contribution in [2.24, 2.45) is 55.7 Å². The number of aliphatic hydroxyl groups excluding tert-OH is 2. The first-order chi connectivity index (χ1) is 21.6. The Morgan fingerprint density at radius 1 is 1.00 bits per heavy atom.